The second-order valence-electron chi connectivity index (χ2n) is 9.53. The Morgan fingerprint density at radius 2 is 1.81 bits per heavy atom. The lowest BCUT2D eigenvalue weighted by Gasteiger charge is -2.36. The minimum atomic E-state index is -0.937. The van der Waals surface area contributed by atoms with Gasteiger partial charge in [0.1, 0.15) is 11.8 Å². The normalized spacial score (nSPS) is 17.9. The second-order valence-corrected chi connectivity index (χ2v) is 9.53. The number of aliphatic carboxylic acids is 1. The van der Waals surface area contributed by atoms with Gasteiger partial charge in [-0.2, -0.15) is 4.39 Å². The Hall–Kier alpha value is -3.88. The molecule has 188 valence electrons. The lowest BCUT2D eigenvalue weighted by molar-refractivity contribution is -0.146. The number of hydrogen-bond donors (Lipinski definition) is 2. The predicted molar refractivity (Wildman–Crippen MR) is 131 cm³/mol. The van der Waals surface area contributed by atoms with Crippen LogP contribution in [0.3, 0.4) is 0 Å². The summed E-state index contributed by atoms with van der Waals surface area (Å²) in [7, 11) is 0. The third kappa shape index (κ3) is 4.65. The number of aromatic nitrogens is 1. The maximum absolute atomic E-state index is 14.4. The number of anilines is 2. The highest BCUT2D eigenvalue weighted by Crippen LogP contribution is 2.55. The highest BCUT2D eigenvalue weighted by molar-refractivity contribution is 5.90. The Morgan fingerprint density at radius 3 is 2.42 bits per heavy atom. The van der Waals surface area contributed by atoms with E-state index in [2.05, 4.69) is 15.4 Å². The molecule has 1 saturated heterocycles. The standard InChI is InChI=1S/C27H28FN3O5/c1-17(18-5-3-2-4-6-18)35-26(34)29-22-23(36-30-24(22)28)19-7-9-21(10-8-19)31-15-11-20(12-16-31)27(13-14-27)25(32)33/h2-10,17,20H,11-16H2,1H3,(H,29,34)(H,32,33). The van der Waals surface area contributed by atoms with E-state index in [0.29, 0.717) is 5.56 Å². The van der Waals surface area contributed by atoms with Gasteiger partial charge in [0.15, 0.2) is 5.76 Å². The van der Waals surface area contributed by atoms with Gasteiger partial charge in [-0.1, -0.05) is 30.3 Å². The minimum absolute atomic E-state index is 0.0965. The van der Waals surface area contributed by atoms with Gasteiger partial charge < -0.3 is 19.3 Å². The zero-order valence-corrected chi connectivity index (χ0v) is 19.9. The quantitative estimate of drug-likeness (QED) is 0.424. The smallest absolute Gasteiger partial charge is 0.412 e. The van der Waals surface area contributed by atoms with E-state index in [9.17, 15) is 19.1 Å². The monoisotopic (exact) mass is 493 g/mol. The first-order valence-electron chi connectivity index (χ1n) is 12.1. The molecule has 1 unspecified atom stereocenters. The number of carbonyl (C=O) groups is 2. The van der Waals surface area contributed by atoms with Crippen molar-refractivity contribution in [1.82, 2.24) is 5.16 Å². The number of nitrogens with one attached hydrogen (secondary N) is 1. The van der Waals surface area contributed by atoms with Crippen LogP contribution in [0.1, 0.15) is 44.3 Å². The number of carboxylic acids is 1. The van der Waals surface area contributed by atoms with Gasteiger partial charge >= 0.3 is 12.1 Å². The summed E-state index contributed by atoms with van der Waals surface area (Å²) in [4.78, 5) is 26.3. The van der Waals surface area contributed by atoms with E-state index in [-0.39, 0.29) is 17.4 Å². The Kier molecular flexibility index (Phi) is 6.38. The SMILES string of the molecule is CC(OC(=O)Nc1c(F)noc1-c1ccc(N2CCC(C3(C(=O)O)CC3)CC2)cc1)c1ccccc1. The van der Waals surface area contributed by atoms with E-state index >= 15 is 0 Å². The van der Waals surface area contributed by atoms with E-state index in [1.54, 1.807) is 19.1 Å². The first-order chi connectivity index (χ1) is 17.4. The lowest BCUT2D eigenvalue weighted by atomic mass is 9.81. The van der Waals surface area contributed by atoms with Crippen LogP contribution in [0, 0.1) is 17.3 Å². The van der Waals surface area contributed by atoms with Crippen LogP contribution in [0.5, 0.6) is 0 Å². The highest BCUT2D eigenvalue weighted by atomic mass is 19.1. The molecule has 36 heavy (non-hydrogen) atoms. The first kappa shape index (κ1) is 23.8. The van der Waals surface area contributed by atoms with Crippen LogP contribution in [0.2, 0.25) is 0 Å². The molecule has 3 aromatic rings. The van der Waals surface area contributed by atoms with Gasteiger partial charge in [-0.3, -0.25) is 10.1 Å². The molecule has 2 heterocycles. The van der Waals surface area contributed by atoms with Crippen molar-refractivity contribution in [2.24, 2.45) is 11.3 Å². The predicted octanol–water partition coefficient (Wildman–Crippen LogP) is 5.87. The van der Waals surface area contributed by atoms with Crippen LogP contribution in [0.25, 0.3) is 11.3 Å². The fourth-order valence-corrected chi connectivity index (χ4v) is 5.11. The van der Waals surface area contributed by atoms with Crippen molar-refractivity contribution in [1.29, 1.82) is 0 Å². The fraction of sp³-hybridized carbons (Fsp3) is 0.370. The molecular formula is C27H28FN3O5. The molecule has 1 saturated carbocycles. The van der Waals surface area contributed by atoms with Gasteiger partial charge in [0.05, 0.1) is 5.41 Å². The molecular weight excluding hydrogens is 465 g/mol. The molecule has 1 aliphatic carbocycles. The number of hydrogen-bond acceptors (Lipinski definition) is 6. The van der Waals surface area contributed by atoms with Gasteiger partial charge in [0.2, 0.25) is 0 Å². The molecule has 2 fully saturated rings. The molecule has 1 amide bonds. The summed E-state index contributed by atoms with van der Waals surface area (Å²) < 4.78 is 24.9. The number of amides is 1. The van der Waals surface area contributed by atoms with Gasteiger partial charge in [0.25, 0.3) is 5.95 Å². The molecule has 2 N–H and O–H groups in total. The van der Waals surface area contributed by atoms with Crippen molar-refractivity contribution < 1.29 is 28.3 Å². The number of rotatable bonds is 7. The largest absolute Gasteiger partial charge is 0.481 e. The van der Waals surface area contributed by atoms with E-state index in [1.807, 2.05) is 42.5 Å². The zero-order valence-electron chi connectivity index (χ0n) is 19.9. The minimum Gasteiger partial charge on any atom is -0.481 e. The summed E-state index contributed by atoms with van der Waals surface area (Å²) in [5, 5.41) is 15.4. The van der Waals surface area contributed by atoms with Crippen molar-refractivity contribution in [3.8, 4) is 11.3 Å². The van der Waals surface area contributed by atoms with Crippen molar-refractivity contribution in [3.63, 3.8) is 0 Å². The van der Waals surface area contributed by atoms with Crippen LogP contribution in [0.4, 0.5) is 20.6 Å². The Morgan fingerprint density at radius 1 is 1.14 bits per heavy atom. The average molecular weight is 494 g/mol. The van der Waals surface area contributed by atoms with Gasteiger partial charge in [-0.05, 0) is 73.5 Å². The summed E-state index contributed by atoms with van der Waals surface area (Å²) in [5.41, 5.74) is 1.67. The maximum atomic E-state index is 14.4. The summed E-state index contributed by atoms with van der Waals surface area (Å²) in [6.45, 7) is 3.30. The third-order valence-electron chi connectivity index (χ3n) is 7.42. The van der Waals surface area contributed by atoms with E-state index in [4.69, 9.17) is 9.26 Å². The lowest BCUT2D eigenvalue weighted by Crippen LogP contribution is -2.39. The van der Waals surface area contributed by atoms with Crippen molar-refractivity contribution in [2.45, 2.75) is 38.7 Å². The molecule has 2 aromatic carbocycles. The number of halogens is 1. The molecule has 0 spiro atoms. The molecule has 1 aliphatic heterocycles. The number of carboxylic acid groups (broad SMARTS) is 1. The Balaban J connectivity index is 1.23. The van der Waals surface area contributed by atoms with Crippen LogP contribution >= 0.6 is 0 Å². The van der Waals surface area contributed by atoms with E-state index in [1.165, 1.54) is 0 Å². The summed E-state index contributed by atoms with van der Waals surface area (Å²) in [6, 6.07) is 16.6. The van der Waals surface area contributed by atoms with Gasteiger partial charge in [-0.15, -0.1) is 0 Å². The molecule has 8 nitrogen and oxygen atoms in total. The van der Waals surface area contributed by atoms with E-state index < -0.39 is 29.5 Å². The molecule has 1 atom stereocenters. The van der Waals surface area contributed by atoms with Gasteiger partial charge in [0, 0.05) is 24.3 Å². The fourth-order valence-electron chi connectivity index (χ4n) is 5.11. The Bertz CT molecular complexity index is 1230. The molecule has 1 aromatic heterocycles. The van der Waals surface area contributed by atoms with Crippen molar-refractivity contribution >= 4 is 23.4 Å². The van der Waals surface area contributed by atoms with Gasteiger partial charge in [-0.25, -0.2) is 4.79 Å². The number of ether oxygens (including phenoxy) is 1. The van der Waals surface area contributed by atoms with E-state index in [0.717, 1.165) is 50.0 Å². The number of carbonyl (C=O) groups excluding carboxylic acids is 1. The molecule has 0 radical (unpaired) electrons. The van der Waals surface area contributed by atoms with Crippen molar-refractivity contribution in [2.75, 3.05) is 23.3 Å². The summed E-state index contributed by atoms with van der Waals surface area (Å²) in [5.74, 6) is -1.28. The summed E-state index contributed by atoms with van der Waals surface area (Å²) in [6.07, 6.45) is 1.92. The summed E-state index contributed by atoms with van der Waals surface area (Å²) >= 11 is 0. The topological polar surface area (TPSA) is 105 Å². The van der Waals surface area contributed by atoms with Crippen molar-refractivity contribution in [3.05, 3.63) is 66.1 Å². The van der Waals surface area contributed by atoms with Crippen LogP contribution in [-0.4, -0.2) is 35.4 Å². The number of piperidine rings is 1. The molecule has 9 heteroatoms. The van der Waals surface area contributed by atoms with Crippen LogP contribution in [-0.2, 0) is 9.53 Å². The third-order valence-corrected chi connectivity index (χ3v) is 7.42. The molecule has 5 rings (SSSR count). The highest BCUT2D eigenvalue weighted by Gasteiger charge is 2.56. The zero-order chi connectivity index (χ0) is 25.3. The van der Waals surface area contributed by atoms with Crippen LogP contribution < -0.4 is 10.2 Å². The van der Waals surface area contributed by atoms with Crippen LogP contribution in [0.15, 0.2) is 59.1 Å². The number of benzene rings is 2. The first-order valence-corrected chi connectivity index (χ1v) is 12.1. The molecule has 0 bridgehead atoms. The second kappa shape index (κ2) is 9.64. The Labute approximate surface area is 208 Å². The maximum Gasteiger partial charge on any atom is 0.412 e. The molecule has 2 aliphatic rings. The average Bonchev–Trinajstić information content (AvgIpc) is 3.64. The number of nitrogens with zero attached hydrogens (tertiary/aromatic N) is 2.